The Kier molecular flexibility index (Phi) is 3.57. The van der Waals surface area contributed by atoms with E-state index in [-0.39, 0.29) is 6.54 Å². The van der Waals surface area contributed by atoms with Gasteiger partial charge in [-0.25, -0.2) is 0 Å². The summed E-state index contributed by atoms with van der Waals surface area (Å²) in [5.74, 6) is 1.37. The van der Waals surface area contributed by atoms with E-state index in [0.717, 1.165) is 16.8 Å². The minimum atomic E-state index is -0.523. The number of hydrogen-bond acceptors (Lipinski definition) is 2. The predicted molar refractivity (Wildman–Crippen MR) is 73.7 cm³/mol. The van der Waals surface area contributed by atoms with E-state index < -0.39 is 11.8 Å². The first kappa shape index (κ1) is 13.2. The fourth-order valence-electron chi connectivity index (χ4n) is 2.19. The van der Waals surface area contributed by atoms with E-state index in [1.807, 2.05) is 32.0 Å². The minimum absolute atomic E-state index is 0.186. The third-order valence-corrected chi connectivity index (χ3v) is 3.46. The number of anilines is 1. The average Bonchev–Trinajstić information content (AvgIpc) is 2.39. The van der Waals surface area contributed by atoms with Gasteiger partial charge in [0, 0.05) is 18.8 Å². The molecule has 0 N–H and O–H groups in total. The first-order chi connectivity index (χ1) is 9.06. The van der Waals surface area contributed by atoms with Crippen molar-refractivity contribution in [3.63, 3.8) is 0 Å². The van der Waals surface area contributed by atoms with Crippen molar-refractivity contribution >= 4 is 17.5 Å². The first-order valence-corrected chi connectivity index (χ1v) is 6.16. The van der Waals surface area contributed by atoms with Gasteiger partial charge in [-0.1, -0.05) is 18.1 Å². The smallest absolute Gasteiger partial charge is 0.316 e. The quantitative estimate of drug-likeness (QED) is 0.587. The fourth-order valence-corrected chi connectivity index (χ4v) is 2.19. The van der Waals surface area contributed by atoms with Crippen molar-refractivity contribution in [2.45, 2.75) is 13.8 Å². The van der Waals surface area contributed by atoms with Gasteiger partial charge in [0.15, 0.2) is 0 Å². The largest absolute Gasteiger partial charge is 0.322 e. The number of nitrogens with zero attached hydrogens (tertiary/aromatic N) is 2. The van der Waals surface area contributed by atoms with Crippen molar-refractivity contribution in [1.82, 2.24) is 4.90 Å². The predicted octanol–water partition coefficient (Wildman–Crippen LogP) is 1.11. The molecule has 19 heavy (non-hydrogen) atoms. The maximum absolute atomic E-state index is 12.1. The van der Waals surface area contributed by atoms with Gasteiger partial charge in [0.25, 0.3) is 0 Å². The molecule has 1 heterocycles. The molecule has 0 radical (unpaired) electrons. The first-order valence-electron chi connectivity index (χ1n) is 6.16. The van der Waals surface area contributed by atoms with Crippen molar-refractivity contribution in [2.75, 3.05) is 24.5 Å². The van der Waals surface area contributed by atoms with Gasteiger partial charge >= 0.3 is 11.8 Å². The number of carbonyl (C=O) groups is 2. The summed E-state index contributed by atoms with van der Waals surface area (Å²) >= 11 is 0. The maximum Gasteiger partial charge on any atom is 0.316 e. The molecule has 0 bridgehead atoms. The molecular formula is C15H16N2O2. The second-order valence-corrected chi connectivity index (χ2v) is 4.61. The summed E-state index contributed by atoms with van der Waals surface area (Å²) in [5.41, 5.74) is 2.93. The van der Waals surface area contributed by atoms with Gasteiger partial charge in [-0.05, 0) is 31.0 Å². The van der Waals surface area contributed by atoms with Gasteiger partial charge in [0.2, 0.25) is 0 Å². The van der Waals surface area contributed by atoms with Gasteiger partial charge in [-0.3, -0.25) is 9.59 Å². The van der Waals surface area contributed by atoms with Crippen LogP contribution in [0, 0.1) is 26.2 Å². The van der Waals surface area contributed by atoms with Crippen LogP contribution in [0.25, 0.3) is 0 Å². The SMILES string of the molecule is C#CCN1CCN(c2cccc(C)c2C)C(=O)C1=O. The van der Waals surface area contributed by atoms with E-state index >= 15 is 0 Å². The Balaban J connectivity index is 2.29. The van der Waals surface area contributed by atoms with Gasteiger partial charge < -0.3 is 9.80 Å². The molecule has 1 aliphatic heterocycles. The van der Waals surface area contributed by atoms with Crippen molar-refractivity contribution < 1.29 is 9.59 Å². The summed E-state index contributed by atoms with van der Waals surface area (Å²) in [4.78, 5) is 27.0. The molecule has 4 nitrogen and oxygen atoms in total. The third-order valence-electron chi connectivity index (χ3n) is 3.46. The van der Waals surface area contributed by atoms with Crippen molar-refractivity contribution in [1.29, 1.82) is 0 Å². The fraction of sp³-hybridized carbons (Fsp3) is 0.333. The molecule has 1 aromatic rings. The Morgan fingerprint density at radius 2 is 1.95 bits per heavy atom. The molecule has 0 aliphatic carbocycles. The van der Waals surface area contributed by atoms with Crippen LogP contribution >= 0.6 is 0 Å². The normalized spacial score (nSPS) is 15.6. The molecule has 0 aromatic heterocycles. The van der Waals surface area contributed by atoms with E-state index in [0.29, 0.717) is 13.1 Å². The topological polar surface area (TPSA) is 40.6 Å². The molecule has 0 unspecified atom stereocenters. The lowest BCUT2D eigenvalue weighted by Gasteiger charge is -2.33. The molecule has 2 rings (SSSR count). The number of carbonyl (C=O) groups excluding carboxylic acids is 2. The lowest BCUT2D eigenvalue weighted by molar-refractivity contribution is -0.145. The van der Waals surface area contributed by atoms with Crippen LogP contribution in [-0.2, 0) is 9.59 Å². The highest BCUT2D eigenvalue weighted by atomic mass is 16.2. The molecule has 0 atom stereocenters. The number of terminal acetylenes is 1. The highest BCUT2D eigenvalue weighted by Gasteiger charge is 2.33. The Labute approximate surface area is 113 Å². The molecule has 2 amide bonds. The van der Waals surface area contributed by atoms with Crippen molar-refractivity contribution in [2.24, 2.45) is 0 Å². The average molecular weight is 256 g/mol. The summed E-state index contributed by atoms with van der Waals surface area (Å²) in [5, 5.41) is 0. The molecular weight excluding hydrogens is 240 g/mol. The Bertz CT molecular complexity index is 572. The summed E-state index contributed by atoms with van der Waals surface area (Å²) in [7, 11) is 0. The molecule has 4 heteroatoms. The van der Waals surface area contributed by atoms with Crippen LogP contribution in [0.15, 0.2) is 18.2 Å². The van der Waals surface area contributed by atoms with Crippen molar-refractivity contribution in [3.05, 3.63) is 29.3 Å². The number of rotatable bonds is 2. The Hall–Kier alpha value is -2.28. The van der Waals surface area contributed by atoms with E-state index in [1.165, 1.54) is 9.80 Å². The number of benzene rings is 1. The van der Waals surface area contributed by atoms with E-state index in [9.17, 15) is 9.59 Å². The van der Waals surface area contributed by atoms with Crippen LogP contribution in [-0.4, -0.2) is 36.3 Å². The summed E-state index contributed by atoms with van der Waals surface area (Å²) in [6.07, 6.45) is 5.19. The molecule has 0 saturated carbocycles. The van der Waals surface area contributed by atoms with Gasteiger partial charge in [-0.15, -0.1) is 6.42 Å². The van der Waals surface area contributed by atoms with Crippen molar-refractivity contribution in [3.8, 4) is 12.3 Å². The van der Waals surface area contributed by atoms with E-state index in [4.69, 9.17) is 6.42 Å². The zero-order chi connectivity index (χ0) is 14.0. The second kappa shape index (κ2) is 5.15. The number of amides is 2. The summed E-state index contributed by atoms with van der Waals surface area (Å²) in [6, 6.07) is 5.74. The lowest BCUT2D eigenvalue weighted by Crippen LogP contribution is -2.54. The zero-order valence-electron chi connectivity index (χ0n) is 11.1. The zero-order valence-corrected chi connectivity index (χ0v) is 11.1. The third kappa shape index (κ3) is 2.32. The molecule has 1 aromatic carbocycles. The Morgan fingerprint density at radius 3 is 2.63 bits per heavy atom. The number of aryl methyl sites for hydroxylation is 1. The van der Waals surface area contributed by atoms with Crippen LogP contribution in [0.2, 0.25) is 0 Å². The van der Waals surface area contributed by atoms with Crippen LogP contribution < -0.4 is 4.90 Å². The summed E-state index contributed by atoms with van der Waals surface area (Å²) in [6.45, 7) is 5.08. The second-order valence-electron chi connectivity index (χ2n) is 4.61. The van der Waals surface area contributed by atoms with Crippen LogP contribution in [0.4, 0.5) is 5.69 Å². The molecule has 1 saturated heterocycles. The van der Waals surface area contributed by atoms with Gasteiger partial charge in [0.05, 0.1) is 6.54 Å². The highest BCUT2D eigenvalue weighted by Crippen LogP contribution is 2.24. The number of piperazine rings is 1. The van der Waals surface area contributed by atoms with E-state index in [2.05, 4.69) is 5.92 Å². The summed E-state index contributed by atoms with van der Waals surface area (Å²) < 4.78 is 0. The van der Waals surface area contributed by atoms with Gasteiger partial charge in [0.1, 0.15) is 0 Å². The number of hydrogen-bond donors (Lipinski definition) is 0. The molecule has 98 valence electrons. The van der Waals surface area contributed by atoms with E-state index in [1.54, 1.807) is 0 Å². The lowest BCUT2D eigenvalue weighted by atomic mass is 10.1. The molecule has 1 fully saturated rings. The Morgan fingerprint density at radius 1 is 1.21 bits per heavy atom. The standard InChI is InChI=1S/C15H16N2O2/c1-4-8-16-9-10-17(15(19)14(16)18)13-7-5-6-11(2)12(13)3/h1,5-7H,8-10H2,2-3H3. The van der Waals surface area contributed by atoms with Crippen LogP contribution in [0.5, 0.6) is 0 Å². The van der Waals surface area contributed by atoms with Crippen LogP contribution in [0.1, 0.15) is 11.1 Å². The highest BCUT2D eigenvalue weighted by molar-refractivity contribution is 6.41. The maximum atomic E-state index is 12.1. The molecule has 0 spiro atoms. The minimum Gasteiger partial charge on any atom is -0.322 e. The van der Waals surface area contributed by atoms with Gasteiger partial charge in [-0.2, -0.15) is 0 Å². The monoisotopic (exact) mass is 256 g/mol. The van der Waals surface area contributed by atoms with Crippen LogP contribution in [0.3, 0.4) is 0 Å². The molecule has 1 aliphatic rings.